The van der Waals surface area contributed by atoms with Crippen LogP contribution >= 0.6 is 7.60 Å². The quantitative estimate of drug-likeness (QED) is 0.215. The molecule has 0 aromatic heterocycles. The fourth-order valence-corrected chi connectivity index (χ4v) is 5.63. The second-order valence-corrected chi connectivity index (χ2v) is 12.0. The van der Waals surface area contributed by atoms with Gasteiger partial charge in [0.15, 0.2) is 0 Å². The second-order valence-electron chi connectivity index (χ2n) is 10.4. The normalized spacial score (nSPS) is 18.1. The summed E-state index contributed by atoms with van der Waals surface area (Å²) < 4.78 is 17.7. The van der Waals surface area contributed by atoms with E-state index in [9.17, 15) is 39.3 Å². The number of aliphatic hydroxyl groups excluding tert-OH is 1. The SMILES string of the molecule is O=C(O)CN1CCN(CC(O)c2ccccc2OCc2ccccc2)CCN(CC(=O)O)CCN(CP(=O)(O)O)CC1. The van der Waals surface area contributed by atoms with Crippen molar-refractivity contribution in [1.29, 1.82) is 0 Å². The fourth-order valence-electron chi connectivity index (χ4n) is 4.83. The highest BCUT2D eigenvalue weighted by Gasteiger charge is 2.24. The van der Waals surface area contributed by atoms with Crippen LogP contribution in [0.4, 0.5) is 0 Å². The Morgan fingerprint density at radius 2 is 1.21 bits per heavy atom. The predicted molar refractivity (Wildman–Crippen MR) is 155 cm³/mol. The first-order chi connectivity index (χ1) is 20.0. The number of benzene rings is 2. The van der Waals surface area contributed by atoms with Crippen molar-refractivity contribution < 1.29 is 44.0 Å². The molecule has 1 aliphatic rings. The molecule has 13 nitrogen and oxygen atoms in total. The fraction of sp³-hybridized carbons (Fsp3) is 0.500. The van der Waals surface area contributed by atoms with E-state index in [2.05, 4.69) is 0 Å². The van der Waals surface area contributed by atoms with E-state index in [4.69, 9.17) is 4.74 Å². The monoisotopic (exact) mass is 608 g/mol. The van der Waals surface area contributed by atoms with E-state index in [1.165, 1.54) is 0 Å². The second kappa shape index (κ2) is 16.7. The zero-order valence-corrected chi connectivity index (χ0v) is 24.5. The van der Waals surface area contributed by atoms with Crippen LogP contribution in [-0.2, 0) is 20.8 Å². The zero-order valence-electron chi connectivity index (χ0n) is 23.6. The van der Waals surface area contributed by atoms with Gasteiger partial charge in [0.05, 0.1) is 19.2 Å². The molecule has 0 spiro atoms. The van der Waals surface area contributed by atoms with Gasteiger partial charge in [0.1, 0.15) is 18.6 Å². The van der Waals surface area contributed by atoms with E-state index in [1.54, 1.807) is 26.8 Å². The molecule has 1 heterocycles. The Bertz CT molecular complexity index is 1150. The maximum atomic E-state index is 11.7. The minimum absolute atomic E-state index is 0.202. The molecule has 0 aliphatic carbocycles. The van der Waals surface area contributed by atoms with Crippen LogP contribution in [0.1, 0.15) is 17.2 Å². The summed E-state index contributed by atoms with van der Waals surface area (Å²) in [7, 11) is -4.38. The molecule has 5 N–H and O–H groups in total. The Morgan fingerprint density at radius 1 is 0.738 bits per heavy atom. The number of para-hydroxylation sites is 1. The van der Waals surface area contributed by atoms with Crippen molar-refractivity contribution in [3.05, 3.63) is 65.7 Å². The molecule has 14 heteroatoms. The number of hydrogen-bond acceptors (Lipinski definition) is 9. The van der Waals surface area contributed by atoms with Crippen LogP contribution in [0.3, 0.4) is 0 Å². The molecule has 42 heavy (non-hydrogen) atoms. The number of nitrogens with zero attached hydrogens (tertiary/aromatic N) is 4. The molecule has 0 amide bonds. The van der Waals surface area contributed by atoms with Gasteiger partial charge in [-0.1, -0.05) is 48.5 Å². The molecule has 0 radical (unpaired) electrons. The summed E-state index contributed by atoms with van der Waals surface area (Å²) in [5.74, 6) is -1.49. The number of hydrogen-bond donors (Lipinski definition) is 5. The highest BCUT2D eigenvalue weighted by molar-refractivity contribution is 7.51. The molecule has 1 saturated heterocycles. The first-order valence-corrected chi connectivity index (χ1v) is 15.6. The van der Waals surface area contributed by atoms with E-state index in [-0.39, 0.29) is 45.8 Å². The Balaban J connectivity index is 1.75. The van der Waals surface area contributed by atoms with Crippen molar-refractivity contribution in [3.8, 4) is 5.75 Å². The van der Waals surface area contributed by atoms with Gasteiger partial charge in [0.2, 0.25) is 0 Å². The lowest BCUT2D eigenvalue weighted by Crippen LogP contribution is -2.48. The lowest BCUT2D eigenvalue weighted by Gasteiger charge is -2.34. The summed E-state index contributed by atoms with van der Waals surface area (Å²) in [6.07, 6.45) is -1.43. The van der Waals surface area contributed by atoms with Crippen molar-refractivity contribution >= 4 is 19.5 Å². The van der Waals surface area contributed by atoms with E-state index < -0.39 is 31.9 Å². The molecule has 1 atom stereocenters. The third-order valence-electron chi connectivity index (χ3n) is 6.98. The number of ether oxygens (including phenoxy) is 1. The maximum absolute atomic E-state index is 11.7. The average molecular weight is 609 g/mol. The number of rotatable bonds is 12. The number of aliphatic carboxylic acids is 2. The van der Waals surface area contributed by atoms with Crippen molar-refractivity contribution in [2.75, 3.05) is 78.3 Å². The summed E-state index contributed by atoms with van der Waals surface area (Å²) in [6.45, 7) is 2.37. The molecular formula is C28H41N4O9P. The number of carbonyl (C=O) groups is 2. The third-order valence-corrected chi connectivity index (χ3v) is 7.75. The highest BCUT2D eigenvalue weighted by atomic mass is 31.2. The average Bonchev–Trinajstić information content (AvgIpc) is 2.92. The minimum atomic E-state index is -4.38. The molecule has 2 aromatic rings. The van der Waals surface area contributed by atoms with Crippen LogP contribution < -0.4 is 4.74 Å². The van der Waals surface area contributed by atoms with Gasteiger partial charge in [-0.05, 0) is 11.6 Å². The van der Waals surface area contributed by atoms with Gasteiger partial charge < -0.3 is 29.8 Å². The molecule has 1 aliphatic heterocycles. The van der Waals surface area contributed by atoms with Gasteiger partial charge in [-0.25, -0.2) is 0 Å². The van der Waals surface area contributed by atoms with Gasteiger partial charge in [-0.2, -0.15) is 0 Å². The Labute approximate surface area is 245 Å². The van der Waals surface area contributed by atoms with Gasteiger partial charge in [0.25, 0.3) is 0 Å². The summed E-state index contributed by atoms with van der Waals surface area (Å²) in [5.41, 5.74) is 1.60. The Morgan fingerprint density at radius 3 is 1.74 bits per heavy atom. The number of carboxylic acid groups (broad SMARTS) is 2. The Hall–Kier alpha value is -2.87. The van der Waals surface area contributed by atoms with Crippen LogP contribution in [0, 0.1) is 0 Å². The zero-order chi connectivity index (χ0) is 30.5. The summed E-state index contributed by atoms with van der Waals surface area (Å²) in [5, 5.41) is 30.2. The molecular weight excluding hydrogens is 567 g/mol. The van der Waals surface area contributed by atoms with Crippen molar-refractivity contribution in [3.63, 3.8) is 0 Å². The third kappa shape index (κ3) is 12.6. The van der Waals surface area contributed by atoms with Gasteiger partial charge in [-0.15, -0.1) is 0 Å². The lowest BCUT2D eigenvalue weighted by molar-refractivity contribution is -0.139. The van der Waals surface area contributed by atoms with E-state index in [0.717, 1.165) is 5.56 Å². The lowest BCUT2D eigenvalue weighted by atomic mass is 10.1. The van der Waals surface area contributed by atoms with Crippen molar-refractivity contribution in [1.82, 2.24) is 19.6 Å². The van der Waals surface area contributed by atoms with E-state index in [1.807, 2.05) is 47.4 Å². The molecule has 0 bridgehead atoms. The smallest absolute Gasteiger partial charge is 0.339 e. The minimum Gasteiger partial charge on any atom is -0.489 e. The number of aliphatic hydroxyl groups is 1. The van der Waals surface area contributed by atoms with Crippen LogP contribution in [0.15, 0.2) is 54.6 Å². The van der Waals surface area contributed by atoms with Crippen LogP contribution in [0.5, 0.6) is 5.75 Å². The summed E-state index contributed by atoms with van der Waals surface area (Å²) in [4.78, 5) is 49.0. The van der Waals surface area contributed by atoms with Gasteiger partial charge in [-0.3, -0.25) is 33.8 Å². The first kappa shape index (κ1) is 33.6. The molecule has 0 saturated carbocycles. The van der Waals surface area contributed by atoms with Gasteiger partial charge in [0, 0.05) is 64.5 Å². The number of carboxylic acids is 2. The topological polar surface area (TPSA) is 175 Å². The molecule has 1 unspecified atom stereocenters. The largest absolute Gasteiger partial charge is 0.489 e. The molecule has 232 valence electrons. The molecule has 3 rings (SSSR count). The number of β-amino-alcohol motifs (C(OH)–C–C–N with tert-alkyl or cyclic N) is 1. The summed E-state index contributed by atoms with van der Waals surface area (Å²) >= 11 is 0. The van der Waals surface area contributed by atoms with Crippen LogP contribution in [0.25, 0.3) is 0 Å². The Kier molecular flexibility index (Phi) is 13.4. The predicted octanol–water partition coefficient (Wildman–Crippen LogP) is 0.825. The summed E-state index contributed by atoms with van der Waals surface area (Å²) in [6, 6.07) is 16.9. The first-order valence-electron chi connectivity index (χ1n) is 13.8. The van der Waals surface area contributed by atoms with Crippen molar-refractivity contribution in [2.45, 2.75) is 12.7 Å². The van der Waals surface area contributed by atoms with Gasteiger partial charge >= 0.3 is 19.5 Å². The highest BCUT2D eigenvalue weighted by Crippen LogP contribution is 2.35. The van der Waals surface area contributed by atoms with Crippen LogP contribution in [0.2, 0.25) is 0 Å². The van der Waals surface area contributed by atoms with E-state index in [0.29, 0.717) is 44.1 Å². The maximum Gasteiger partial charge on any atom is 0.339 e. The van der Waals surface area contributed by atoms with Crippen molar-refractivity contribution in [2.24, 2.45) is 0 Å². The molecule has 1 fully saturated rings. The van der Waals surface area contributed by atoms with E-state index >= 15 is 0 Å². The molecule has 2 aromatic carbocycles. The van der Waals surface area contributed by atoms with Crippen LogP contribution in [-0.4, -0.2) is 135 Å². The standard InChI is InChI=1S/C28H41N4O9P/c33-25(24-8-4-5-9-26(24)41-21-23-6-2-1-3-7-23)18-29-10-12-30(19-27(34)35)14-16-32(22-42(38,39)40)17-15-31(13-11-29)20-28(36)37/h1-9,25,33H,10-22H2,(H,34,35)(H,36,37)(H2,38,39,40).